The molecule has 1 aliphatic heterocycles. The van der Waals surface area contributed by atoms with Crippen LogP contribution >= 0.6 is 22.9 Å². The van der Waals surface area contributed by atoms with Gasteiger partial charge in [-0.25, -0.2) is 4.98 Å². The largest absolute Gasteiger partial charge is 0.346 e. The molecule has 0 spiro atoms. The number of hydrogen-bond acceptors (Lipinski definition) is 4. The molecule has 1 aromatic rings. The highest BCUT2D eigenvalue weighted by Gasteiger charge is 2.16. The number of rotatable bonds is 3. The first-order valence-electron chi connectivity index (χ1n) is 5.23. The van der Waals surface area contributed by atoms with Crippen LogP contribution < -0.4 is 4.90 Å². The van der Waals surface area contributed by atoms with Gasteiger partial charge in [0, 0.05) is 43.9 Å². The summed E-state index contributed by atoms with van der Waals surface area (Å²) in [7, 11) is 2.16. The van der Waals surface area contributed by atoms with Gasteiger partial charge in [-0.05, 0) is 7.05 Å². The van der Waals surface area contributed by atoms with Crippen molar-refractivity contribution < 1.29 is 0 Å². The lowest BCUT2D eigenvalue weighted by atomic mass is 10.3. The molecule has 5 heteroatoms. The van der Waals surface area contributed by atoms with Crippen molar-refractivity contribution in [2.75, 3.05) is 44.0 Å². The molecular formula is C10H16ClN3S. The molecule has 0 radical (unpaired) electrons. The first-order chi connectivity index (χ1) is 7.29. The fourth-order valence-corrected chi connectivity index (χ4v) is 2.76. The molecule has 84 valence electrons. The zero-order chi connectivity index (χ0) is 10.7. The maximum Gasteiger partial charge on any atom is 0.185 e. The molecular weight excluding hydrogens is 230 g/mol. The Labute approximate surface area is 99.7 Å². The van der Waals surface area contributed by atoms with Crippen LogP contribution in [0.2, 0.25) is 0 Å². The molecule has 0 saturated carbocycles. The summed E-state index contributed by atoms with van der Waals surface area (Å²) in [5.41, 5.74) is 1.13. The summed E-state index contributed by atoms with van der Waals surface area (Å²) in [5.74, 6) is 0.659. The van der Waals surface area contributed by atoms with E-state index in [4.69, 9.17) is 11.6 Å². The van der Waals surface area contributed by atoms with Crippen LogP contribution in [0, 0.1) is 0 Å². The number of anilines is 1. The maximum atomic E-state index is 5.69. The zero-order valence-corrected chi connectivity index (χ0v) is 10.5. The number of alkyl halides is 1. The van der Waals surface area contributed by atoms with E-state index in [1.807, 2.05) is 0 Å². The Morgan fingerprint density at radius 1 is 1.40 bits per heavy atom. The van der Waals surface area contributed by atoms with Crippen molar-refractivity contribution in [1.82, 2.24) is 9.88 Å². The molecule has 3 nitrogen and oxygen atoms in total. The Morgan fingerprint density at radius 2 is 2.13 bits per heavy atom. The van der Waals surface area contributed by atoms with Crippen molar-refractivity contribution in [1.29, 1.82) is 0 Å². The van der Waals surface area contributed by atoms with E-state index < -0.39 is 0 Å². The van der Waals surface area contributed by atoms with Crippen molar-refractivity contribution in [3.63, 3.8) is 0 Å². The molecule has 2 heterocycles. The molecule has 1 saturated heterocycles. The van der Waals surface area contributed by atoms with Crippen LogP contribution in [0.4, 0.5) is 5.13 Å². The Morgan fingerprint density at radius 3 is 2.80 bits per heavy atom. The topological polar surface area (TPSA) is 19.4 Å². The number of thiazole rings is 1. The molecule has 0 atom stereocenters. The molecule has 0 N–H and O–H groups in total. The second kappa shape index (κ2) is 5.14. The number of likely N-dealkylation sites (N-methyl/N-ethyl adjacent to an activating group) is 1. The molecule has 2 rings (SSSR count). The quantitative estimate of drug-likeness (QED) is 0.756. The summed E-state index contributed by atoms with van der Waals surface area (Å²) in [6.07, 6.45) is 0.881. The Balaban J connectivity index is 1.96. The number of aryl methyl sites for hydroxylation is 1. The third-order valence-corrected chi connectivity index (χ3v) is 3.80. The average molecular weight is 246 g/mol. The first kappa shape index (κ1) is 11.2. The molecule has 0 unspecified atom stereocenters. The molecule has 0 amide bonds. The van der Waals surface area contributed by atoms with Crippen LogP contribution in [-0.4, -0.2) is 49.0 Å². The van der Waals surface area contributed by atoms with Crippen molar-refractivity contribution in [2.45, 2.75) is 6.42 Å². The number of halogens is 1. The lowest BCUT2D eigenvalue weighted by Crippen LogP contribution is -2.44. The highest BCUT2D eigenvalue weighted by atomic mass is 35.5. The van der Waals surface area contributed by atoms with E-state index in [0.29, 0.717) is 5.88 Å². The van der Waals surface area contributed by atoms with Crippen LogP contribution in [0.3, 0.4) is 0 Å². The van der Waals surface area contributed by atoms with Gasteiger partial charge in [0.05, 0.1) is 5.69 Å². The van der Waals surface area contributed by atoms with Gasteiger partial charge in [-0.3, -0.25) is 0 Å². The predicted molar refractivity (Wildman–Crippen MR) is 66.2 cm³/mol. The monoisotopic (exact) mass is 245 g/mol. The van der Waals surface area contributed by atoms with Crippen molar-refractivity contribution >= 4 is 28.1 Å². The third kappa shape index (κ3) is 2.83. The third-order valence-electron chi connectivity index (χ3n) is 2.66. The van der Waals surface area contributed by atoms with Gasteiger partial charge in [-0.2, -0.15) is 0 Å². The summed E-state index contributed by atoms with van der Waals surface area (Å²) in [6.45, 7) is 4.43. The van der Waals surface area contributed by atoms with Crippen molar-refractivity contribution in [3.05, 3.63) is 11.1 Å². The van der Waals surface area contributed by atoms with E-state index in [0.717, 1.165) is 43.4 Å². The van der Waals surface area contributed by atoms with Gasteiger partial charge >= 0.3 is 0 Å². The van der Waals surface area contributed by atoms with Gasteiger partial charge in [0.1, 0.15) is 0 Å². The van der Waals surface area contributed by atoms with Gasteiger partial charge < -0.3 is 9.80 Å². The van der Waals surface area contributed by atoms with Gasteiger partial charge in [0.15, 0.2) is 5.13 Å². The lowest BCUT2D eigenvalue weighted by Gasteiger charge is -2.32. The standard InChI is InChI=1S/C10H16ClN3S/c1-13-4-6-14(7-5-13)10-12-9(2-3-11)8-15-10/h8H,2-7H2,1H3. The average Bonchev–Trinajstić information content (AvgIpc) is 2.68. The fraction of sp³-hybridized carbons (Fsp3) is 0.700. The number of aromatic nitrogens is 1. The normalized spacial score (nSPS) is 18.4. The van der Waals surface area contributed by atoms with Gasteiger partial charge in [-0.1, -0.05) is 0 Å². The van der Waals surface area contributed by atoms with Crippen LogP contribution in [0.5, 0.6) is 0 Å². The highest BCUT2D eigenvalue weighted by Crippen LogP contribution is 2.21. The van der Waals surface area contributed by atoms with Crippen LogP contribution in [0.15, 0.2) is 5.38 Å². The van der Waals surface area contributed by atoms with Crippen molar-refractivity contribution in [2.24, 2.45) is 0 Å². The second-order valence-electron chi connectivity index (χ2n) is 3.85. The summed E-state index contributed by atoms with van der Waals surface area (Å²) in [5, 5.41) is 3.28. The second-order valence-corrected chi connectivity index (χ2v) is 5.07. The van der Waals surface area contributed by atoms with Crippen LogP contribution in [0.25, 0.3) is 0 Å². The Kier molecular flexibility index (Phi) is 3.83. The molecule has 0 aromatic carbocycles. The smallest absolute Gasteiger partial charge is 0.185 e. The zero-order valence-electron chi connectivity index (χ0n) is 8.95. The number of hydrogen-bond donors (Lipinski definition) is 0. The van der Waals surface area contributed by atoms with E-state index in [1.54, 1.807) is 11.3 Å². The molecule has 0 aliphatic carbocycles. The molecule has 0 bridgehead atoms. The molecule has 1 aliphatic rings. The lowest BCUT2D eigenvalue weighted by molar-refractivity contribution is 0.312. The minimum atomic E-state index is 0.659. The Hall–Kier alpha value is -0.320. The van der Waals surface area contributed by atoms with E-state index in [9.17, 15) is 0 Å². The van der Waals surface area contributed by atoms with Gasteiger partial charge in [0.25, 0.3) is 0 Å². The van der Waals surface area contributed by atoms with E-state index >= 15 is 0 Å². The van der Waals surface area contributed by atoms with Gasteiger partial charge in [-0.15, -0.1) is 22.9 Å². The fourth-order valence-electron chi connectivity index (χ4n) is 1.65. The van der Waals surface area contributed by atoms with Crippen LogP contribution in [0.1, 0.15) is 5.69 Å². The Bertz CT molecular complexity index is 307. The van der Waals surface area contributed by atoms with E-state index in [2.05, 4.69) is 27.2 Å². The highest BCUT2D eigenvalue weighted by molar-refractivity contribution is 7.13. The predicted octanol–water partition coefficient (Wildman–Crippen LogP) is 1.68. The minimum Gasteiger partial charge on any atom is -0.346 e. The number of piperazine rings is 1. The summed E-state index contributed by atoms with van der Waals surface area (Å²) < 4.78 is 0. The molecule has 1 aromatic heterocycles. The molecule has 1 fully saturated rings. The molecule has 15 heavy (non-hydrogen) atoms. The first-order valence-corrected chi connectivity index (χ1v) is 6.65. The van der Waals surface area contributed by atoms with E-state index in [1.165, 1.54) is 0 Å². The SMILES string of the molecule is CN1CCN(c2nc(CCCl)cs2)CC1. The van der Waals surface area contributed by atoms with E-state index in [-0.39, 0.29) is 0 Å². The summed E-state index contributed by atoms with van der Waals surface area (Å²) in [4.78, 5) is 9.30. The minimum absolute atomic E-state index is 0.659. The maximum absolute atomic E-state index is 5.69. The van der Waals surface area contributed by atoms with Crippen molar-refractivity contribution in [3.8, 4) is 0 Å². The van der Waals surface area contributed by atoms with Crippen LogP contribution in [-0.2, 0) is 6.42 Å². The summed E-state index contributed by atoms with van der Waals surface area (Å²) in [6, 6.07) is 0. The summed E-state index contributed by atoms with van der Waals surface area (Å²) >= 11 is 7.43. The number of nitrogens with zero attached hydrogens (tertiary/aromatic N) is 3. The van der Waals surface area contributed by atoms with Gasteiger partial charge in [0.2, 0.25) is 0 Å².